The number of aryl methyl sites for hydroxylation is 1. The molecule has 148 valence electrons. The van der Waals surface area contributed by atoms with Gasteiger partial charge in [-0.2, -0.15) is 4.98 Å². The lowest BCUT2D eigenvalue weighted by molar-refractivity contribution is 0.416. The molecule has 1 aliphatic rings. The van der Waals surface area contributed by atoms with Crippen LogP contribution in [0.5, 0.6) is 5.75 Å². The SMILES string of the molecule is CNc1cc(C)nc(Nc2ccc(OC)c(-c3cc4c(c(CN)n3)C=CC4)c2)n1. The van der Waals surface area contributed by atoms with E-state index >= 15 is 0 Å². The van der Waals surface area contributed by atoms with Crippen molar-refractivity contribution in [3.8, 4) is 17.0 Å². The summed E-state index contributed by atoms with van der Waals surface area (Å²) in [6.07, 6.45) is 5.12. The van der Waals surface area contributed by atoms with Crippen molar-refractivity contribution in [2.75, 3.05) is 24.8 Å². The largest absolute Gasteiger partial charge is 0.496 e. The van der Waals surface area contributed by atoms with Gasteiger partial charge in [-0.1, -0.05) is 12.2 Å². The Balaban J connectivity index is 1.74. The van der Waals surface area contributed by atoms with E-state index in [4.69, 9.17) is 15.5 Å². The Labute approximate surface area is 170 Å². The molecular weight excluding hydrogens is 364 g/mol. The molecule has 0 saturated carbocycles. The molecule has 2 heterocycles. The molecule has 4 N–H and O–H groups in total. The van der Waals surface area contributed by atoms with Crippen molar-refractivity contribution in [3.63, 3.8) is 0 Å². The summed E-state index contributed by atoms with van der Waals surface area (Å²) in [7, 11) is 3.49. The number of nitrogens with one attached hydrogen (secondary N) is 2. The number of ether oxygens (including phenoxy) is 1. The first kappa shape index (κ1) is 18.9. The number of hydrogen-bond acceptors (Lipinski definition) is 7. The summed E-state index contributed by atoms with van der Waals surface area (Å²) in [6, 6.07) is 9.86. The van der Waals surface area contributed by atoms with E-state index in [1.165, 1.54) is 5.56 Å². The molecule has 0 bridgehead atoms. The lowest BCUT2D eigenvalue weighted by Crippen LogP contribution is -2.06. The molecule has 0 aliphatic heterocycles. The topological polar surface area (TPSA) is 98.0 Å². The normalized spacial score (nSPS) is 12.0. The van der Waals surface area contributed by atoms with Crippen LogP contribution in [0.3, 0.4) is 0 Å². The van der Waals surface area contributed by atoms with Gasteiger partial charge in [0.1, 0.15) is 11.6 Å². The Morgan fingerprint density at radius 3 is 2.76 bits per heavy atom. The van der Waals surface area contributed by atoms with Gasteiger partial charge < -0.3 is 21.1 Å². The fourth-order valence-corrected chi connectivity index (χ4v) is 3.50. The van der Waals surface area contributed by atoms with Crippen LogP contribution in [0.15, 0.2) is 36.4 Å². The first-order chi connectivity index (χ1) is 14.1. The second-order valence-corrected chi connectivity index (χ2v) is 6.85. The molecule has 0 atom stereocenters. The Kier molecular flexibility index (Phi) is 5.14. The summed E-state index contributed by atoms with van der Waals surface area (Å²) < 4.78 is 5.60. The molecule has 1 aliphatic carbocycles. The molecule has 0 unspecified atom stereocenters. The molecule has 4 rings (SSSR count). The van der Waals surface area contributed by atoms with Gasteiger partial charge in [0.25, 0.3) is 0 Å². The average molecular weight is 388 g/mol. The number of methoxy groups -OCH3 is 1. The highest BCUT2D eigenvalue weighted by Gasteiger charge is 2.16. The fraction of sp³-hybridized carbons (Fsp3) is 0.227. The predicted octanol–water partition coefficient (Wildman–Crippen LogP) is 3.67. The maximum absolute atomic E-state index is 5.95. The summed E-state index contributed by atoms with van der Waals surface area (Å²) in [6.45, 7) is 2.33. The number of nitrogens with zero attached hydrogens (tertiary/aromatic N) is 3. The van der Waals surface area contributed by atoms with Gasteiger partial charge in [-0.05, 0) is 43.2 Å². The first-order valence-corrected chi connectivity index (χ1v) is 9.49. The maximum Gasteiger partial charge on any atom is 0.229 e. The number of anilines is 3. The van der Waals surface area contributed by atoms with E-state index in [9.17, 15) is 0 Å². The van der Waals surface area contributed by atoms with Crippen molar-refractivity contribution in [2.45, 2.75) is 19.9 Å². The minimum absolute atomic E-state index is 0.394. The van der Waals surface area contributed by atoms with E-state index < -0.39 is 0 Å². The molecular formula is C22H24N6O. The van der Waals surface area contributed by atoms with Crippen LogP contribution in [0, 0.1) is 6.92 Å². The first-order valence-electron chi connectivity index (χ1n) is 9.49. The fourth-order valence-electron chi connectivity index (χ4n) is 3.50. The van der Waals surface area contributed by atoms with Crippen LogP contribution in [-0.4, -0.2) is 29.1 Å². The van der Waals surface area contributed by atoms with Crippen LogP contribution in [-0.2, 0) is 13.0 Å². The third kappa shape index (κ3) is 3.77. The van der Waals surface area contributed by atoms with E-state index in [1.54, 1.807) is 7.11 Å². The number of benzene rings is 1. The van der Waals surface area contributed by atoms with Gasteiger partial charge >= 0.3 is 0 Å². The number of pyridine rings is 1. The van der Waals surface area contributed by atoms with Gasteiger partial charge in [0, 0.05) is 42.2 Å². The zero-order chi connectivity index (χ0) is 20.4. The minimum Gasteiger partial charge on any atom is -0.496 e. The second kappa shape index (κ2) is 7.89. The van der Waals surface area contributed by atoms with Crippen molar-refractivity contribution < 1.29 is 4.74 Å². The summed E-state index contributed by atoms with van der Waals surface area (Å²) in [5.41, 5.74) is 12.7. The van der Waals surface area contributed by atoms with Gasteiger partial charge in [0.2, 0.25) is 5.95 Å². The zero-order valence-corrected chi connectivity index (χ0v) is 16.8. The van der Waals surface area contributed by atoms with Crippen LogP contribution in [0.4, 0.5) is 17.5 Å². The van der Waals surface area contributed by atoms with Crippen molar-refractivity contribution in [1.29, 1.82) is 0 Å². The smallest absolute Gasteiger partial charge is 0.229 e. The summed E-state index contributed by atoms with van der Waals surface area (Å²) >= 11 is 0. The van der Waals surface area contributed by atoms with Gasteiger partial charge in [-0.25, -0.2) is 4.98 Å². The molecule has 1 aromatic carbocycles. The Morgan fingerprint density at radius 1 is 1.14 bits per heavy atom. The van der Waals surface area contributed by atoms with Crippen LogP contribution in [0.25, 0.3) is 17.3 Å². The van der Waals surface area contributed by atoms with Crippen LogP contribution in [0.2, 0.25) is 0 Å². The molecule has 2 aromatic heterocycles. The molecule has 0 fully saturated rings. The van der Waals surface area contributed by atoms with Crippen molar-refractivity contribution in [3.05, 3.63) is 58.9 Å². The van der Waals surface area contributed by atoms with Crippen molar-refractivity contribution in [2.24, 2.45) is 5.73 Å². The number of rotatable bonds is 6. The zero-order valence-electron chi connectivity index (χ0n) is 16.8. The minimum atomic E-state index is 0.394. The number of nitrogens with two attached hydrogens (primary N) is 1. The van der Waals surface area contributed by atoms with Gasteiger partial charge in [0.15, 0.2) is 0 Å². The highest BCUT2D eigenvalue weighted by atomic mass is 16.5. The van der Waals surface area contributed by atoms with Crippen LogP contribution < -0.4 is 21.1 Å². The van der Waals surface area contributed by atoms with E-state index in [0.717, 1.165) is 51.9 Å². The lowest BCUT2D eigenvalue weighted by atomic mass is 10.0. The number of aromatic nitrogens is 3. The van der Waals surface area contributed by atoms with E-state index in [0.29, 0.717) is 12.5 Å². The highest BCUT2D eigenvalue weighted by Crippen LogP contribution is 2.35. The number of allylic oxidation sites excluding steroid dienone is 1. The monoisotopic (exact) mass is 388 g/mol. The van der Waals surface area contributed by atoms with Crippen molar-refractivity contribution in [1.82, 2.24) is 15.0 Å². The van der Waals surface area contributed by atoms with Gasteiger partial charge in [-0.15, -0.1) is 0 Å². The van der Waals surface area contributed by atoms with Crippen LogP contribution >= 0.6 is 0 Å². The second-order valence-electron chi connectivity index (χ2n) is 6.85. The Hall–Kier alpha value is -3.45. The van der Waals surface area contributed by atoms with E-state index in [1.807, 2.05) is 38.2 Å². The Morgan fingerprint density at radius 2 is 2.00 bits per heavy atom. The van der Waals surface area contributed by atoms with Crippen molar-refractivity contribution >= 4 is 23.5 Å². The molecule has 0 amide bonds. The molecule has 29 heavy (non-hydrogen) atoms. The average Bonchev–Trinajstić information content (AvgIpc) is 3.21. The summed E-state index contributed by atoms with van der Waals surface area (Å²) in [5.74, 6) is 2.03. The van der Waals surface area contributed by atoms with Crippen LogP contribution in [0.1, 0.15) is 22.5 Å². The van der Waals surface area contributed by atoms with E-state index in [2.05, 4.69) is 38.8 Å². The highest BCUT2D eigenvalue weighted by molar-refractivity contribution is 5.76. The third-order valence-electron chi connectivity index (χ3n) is 4.88. The quantitative estimate of drug-likeness (QED) is 0.593. The summed E-state index contributed by atoms with van der Waals surface area (Å²) in [5, 5.41) is 6.33. The molecule has 0 radical (unpaired) electrons. The lowest BCUT2D eigenvalue weighted by Gasteiger charge is -2.14. The van der Waals surface area contributed by atoms with Gasteiger partial charge in [-0.3, -0.25) is 4.98 Å². The standard InChI is InChI=1S/C22H24N6O/c1-13-9-21(24-2)28-22(25-13)26-15-7-8-20(29-3)17(11-15)18-10-14-5-4-6-16(14)19(12-23)27-18/h4,6-11H,5,12,23H2,1-3H3,(H2,24,25,26,28). The molecule has 7 heteroatoms. The maximum atomic E-state index is 5.95. The number of fused-ring (bicyclic) bond motifs is 1. The Bertz CT molecular complexity index is 1090. The molecule has 0 saturated heterocycles. The third-order valence-corrected chi connectivity index (χ3v) is 4.88. The molecule has 3 aromatic rings. The molecule has 0 spiro atoms. The predicted molar refractivity (Wildman–Crippen MR) is 116 cm³/mol. The summed E-state index contributed by atoms with van der Waals surface area (Å²) in [4.78, 5) is 13.7. The number of hydrogen-bond donors (Lipinski definition) is 3. The van der Waals surface area contributed by atoms with Gasteiger partial charge in [0.05, 0.1) is 18.5 Å². The van der Waals surface area contributed by atoms with E-state index in [-0.39, 0.29) is 0 Å². The molecule has 7 nitrogen and oxygen atoms in total.